The molecule has 1 heterocycles. The van der Waals surface area contributed by atoms with Gasteiger partial charge in [-0.3, -0.25) is 4.68 Å². The van der Waals surface area contributed by atoms with Crippen LogP contribution in [-0.4, -0.2) is 32.4 Å². The van der Waals surface area contributed by atoms with Gasteiger partial charge in [-0.25, -0.2) is 9.59 Å². The van der Waals surface area contributed by atoms with Crippen molar-refractivity contribution in [1.29, 1.82) is 0 Å². The zero-order chi connectivity index (χ0) is 13.2. The Bertz CT molecular complexity index is 431. The van der Waals surface area contributed by atoms with E-state index < -0.39 is 23.6 Å². The lowest BCUT2D eigenvalue weighted by Crippen LogP contribution is -2.29. The van der Waals surface area contributed by atoms with Gasteiger partial charge < -0.3 is 9.84 Å². The minimum atomic E-state index is -1.12. The molecule has 0 unspecified atom stereocenters. The summed E-state index contributed by atoms with van der Waals surface area (Å²) in [6.07, 6.45) is 1.44. The van der Waals surface area contributed by atoms with Gasteiger partial charge in [-0.05, 0) is 33.8 Å². The zero-order valence-corrected chi connectivity index (χ0v) is 10.3. The SMILES string of the molecule is C[C@H](C(=O)OC(C)(C)C)n1ccc(C(=O)O)n1. The van der Waals surface area contributed by atoms with Crippen molar-refractivity contribution >= 4 is 11.9 Å². The van der Waals surface area contributed by atoms with E-state index in [1.165, 1.54) is 16.9 Å². The van der Waals surface area contributed by atoms with E-state index in [9.17, 15) is 9.59 Å². The van der Waals surface area contributed by atoms with Crippen molar-refractivity contribution in [2.45, 2.75) is 39.3 Å². The number of nitrogens with zero attached hydrogens (tertiary/aromatic N) is 2. The molecule has 1 atom stereocenters. The van der Waals surface area contributed by atoms with Gasteiger partial charge >= 0.3 is 11.9 Å². The predicted octanol–water partition coefficient (Wildman–Crippen LogP) is 1.48. The molecule has 1 rings (SSSR count). The van der Waals surface area contributed by atoms with Gasteiger partial charge in [0.1, 0.15) is 11.6 Å². The maximum absolute atomic E-state index is 11.7. The monoisotopic (exact) mass is 240 g/mol. The minimum absolute atomic E-state index is 0.0968. The first-order valence-electron chi connectivity index (χ1n) is 5.22. The highest BCUT2D eigenvalue weighted by molar-refractivity contribution is 5.85. The molecule has 0 aromatic carbocycles. The van der Waals surface area contributed by atoms with Crippen LogP contribution in [0.2, 0.25) is 0 Å². The quantitative estimate of drug-likeness (QED) is 0.809. The molecule has 17 heavy (non-hydrogen) atoms. The van der Waals surface area contributed by atoms with Crippen LogP contribution in [0.1, 0.15) is 44.2 Å². The number of ether oxygens (including phenoxy) is 1. The molecule has 0 aliphatic rings. The van der Waals surface area contributed by atoms with E-state index in [1.807, 2.05) is 0 Å². The minimum Gasteiger partial charge on any atom is -0.476 e. The summed E-state index contributed by atoms with van der Waals surface area (Å²) in [5, 5.41) is 12.5. The standard InChI is InChI=1S/C11H16N2O4/c1-7(10(16)17-11(2,3)4)13-6-5-8(12-13)9(14)15/h5-7H,1-4H3,(H,14,15)/t7-/m1/s1. The molecule has 0 radical (unpaired) electrons. The Labute approximate surface area is 99.2 Å². The summed E-state index contributed by atoms with van der Waals surface area (Å²) >= 11 is 0. The summed E-state index contributed by atoms with van der Waals surface area (Å²) in [6, 6.07) is 0.686. The Morgan fingerprint density at radius 2 is 2.06 bits per heavy atom. The molecule has 1 N–H and O–H groups in total. The lowest BCUT2D eigenvalue weighted by molar-refractivity contribution is -0.158. The fraction of sp³-hybridized carbons (Fsp3) is 0.545. The van der Waals surface area contributed by atoms with Crippen LogP contribution in [0.25, 0.3) is 0 Å². The highest BCUT2D eigenvalue weighted by Crippen LogP contribution is 2.14. The largest absolute Gasteiger partial charge is 0.476 e. The molecule has 0 saturated heterocycles. The molecule has 0 amide bonds. The smallest absolute Gasteiger partial charge is 0.356 e. The normalized spacial score (nSPS) is 13.2. The number of carbonyl (C=O) groups excluding carboxylic acids is 1. The number of carbonyl (C=O) groups is 2. The lowest BCUT2D eigenvalue weighted by Gasteiger charge is -2.22. The number of aromatic nitrogens is 2. The maximum atomic E-state index is 11.7. The van der Waals surface area contributed by atoms with E-state index in [4.69, 9.17) is 9.84 Å². The Balaban J connectivity index is 2.78. The third-order valence-corrected chi connectivity index (χ3v) is 1.97. The molecule has 0 saturated carbocycles. The molecule has 1 aromatic rings. The van der Waals surface area contributed by atoms with Crippen LogP contribution in [0, 0.1) is 0 Å². The molecule has 0 bridgehead atoms. The van der Waals surface area contributed by atoms with Crippen LogP contribution in [0.5, 0.6) is 0 Å². The summed E-state index contributed by atoms with van der Waals surface area (Å²) in [5.41, 5.74) is -0.672. The van der Waals surface area contributed by atoms with Crippen molar-refractivity contribution in [3.63, 3.8) is 0 Å². The molecule has 0 fully saturated rings. The van der Waals surface area contributed by atoms with Crippen molar-refractivity contribution < 1.29 is 19.4 Å². The second-order valence-electron chi connectivity index (χ2n) is 4.70. The Morgan fingerprint density at radius 3 is 2.47 bits per heavy atom. The van der Waals surface area contributed by atoms with Crippen molar-refractivity contribution in [2.24, 2.45) is 0 Å². The van der Waals surface area contributed by atoms with Crippen LogP contribution >= 0.6 is 0 Å². The van der Waals surface area contributed by atoms with Crippen LogP contribution < -0.4 is 0 Å². The van der Waals surface area contributed by atoms with Crippen LogP contribution in [0.3, 0.4) is 0 Å². The summed E-state index contributed by atoms with van der Waals surface area (Å²) in [5.74, 6) is -1.57. The van der Waals surface area contributed by atoms with Crippen LogP contribution in [0.4, 0.5) is 0 Å². The van der Waals surface area contributed by atoms with Gasteiger partial charge in [-0.2, -0.15) is 5.10 Å². The number of carboxylic acids is 1. The summed E-state index contributed by atoms with van der Waals surface area (Å²) < 4.78 is 6.45. The van der Waals surface area contributed by atoms with E-state index in [0.29, 0.717) is 0 Å². The third kappa shape index (κ3) is 3.58. The van der Waals surface area contributed by atoms with Crippen molar-refractivity contribution in [2.75, 3.05) is 0 Å². The second-order valence-corrected chi connectivity index (χ2v) is 4.70. The zero-order valence-electron chi connectivity index (χ0n) is 10.3. The summed E-state index contributed by atoms with van der Waals surface area (Å²) in [7, 11) is 0. The number of aromatic carboxylic acids is 1. The molecule has 0 aliphatic carbocycles. The number of rotatable bonds is 3. The van der Waals surface area contributed by atoms with Crippen molar-refractivity contribution in [3.05, 3.63) is 18.0 Å². The summed E-state index contributed by atoms with van der Waals surface area (Å²) in [6.45, 7) is 6.91. The highest BCUT2D eigenvalue weighted by Gasteiger charge is 2.24. The van der Waals surface area contributed by atoms with Crippen molar-refractivity contribution in [3.8, 4) is 0 Å². The first kappa shape index (κ1) is 13.2. The molecular formula is C11H16N2O4. The Morgan fingerprint density at radius 1 is 1.47 bits per heavy atom. The van der Waals surface area contributed by atoms with Gasteiger partial charge in [0.2, 0.25) is 0 Å². The fourth-order valence-corrected chi connectivity index (χ4v) is 1.16. The van der Waals surface area contributed by atoms with Gasteiger partial charge in [-0.1, -0.05) is 0 Å². The van der Waals surface area contributed by atoms with Gasteiger partial charge in [0.05, 0.1) is 0 Å². The fourth-order valence-electron chi connectivity index (χ4n) is 1.16. The topological polar surface area (TPSA) is 81.4 Å². The molecule has 1 aromatic heterocycles. The lowest BCUT2D eigenvalue weighted by atomic mass is 10.2. The molecule has 0 spiro atoms. The average molecular weight is 240 g/mol. The molecule has 94 valence electrons. The van der Waals surface area contributed by atoms with Crippen LogP contribution in [-0.2, 0) is 9.53 Å². The van der Waals surface area contributed by atoms with E-state index in [2.05, 4.69) is 5.10 Å². The molecule has 6 nitrogen and oxygen atoms in total. The number of hydrogen-bond donors (Lipinski definition) is 1. The van der Waals surface area contributed by atoms with Gasteiger partial charge in [0, 0.05) is 6.20 Å². The average Bonchev–Trinajstić information content (AvgIpc) is 2.62. The second kappa shape index (κ2) is 4.57. The van der Waals surface area contributed by atoms with Crippen molar-refractivity contribution in [1.82, 2.24) is 9.78 Å². The number of esters is 1. The van der Waals surface area contributed by atoms with Crippen LogP contribution in [0.15, 0.2) is 12.3 Å². The third-order valence-electron chi connectivity index (χ3n) is 1.97. The van der Waals surface area contributed by atoms with Gasteiger partial charge in [0.15, 0.2) is 5.69 Å². The van der Waals surface area contributed by atoms with E-state index in [-0.39, 0.29) is 5.69 Å². The first-order valence-corrected chi connectivity index (χ1v) is 5.22. The first-order chi connectivity index (χ1) is 7.70. The van der Waals surface area contributed by atoms with E-state index in [1.54, 1.807) is 27.7 Å². The molecule has 0 aliphatic heterocycles. The Hall–Kier alpha value is -1.85. The Kier molecular flexibility index (Phi) is 3.55. The summed E-state index contributed by atoms with van der Waals surface area (Å²) in [4.78, 5) is 22.4. The molecule has 6 heteroatoms. The maximum Gasteiger partial charge on any atom is 0.356 e. The predicted molar refractivity (Wildman–Crippen MR) is 59.7 cm³/mol. The molecular weight excluding hydrogens is 224 g/mol. The van der Waals surface area contributed by atoms with Gasteiger partial charge in [0.25, 0.3) is 0 Å². The van der Waals surface area contributed by atoms with Gasteiger partial charge in [-0.15, -0.1) is 0 Å². The van der Waals surface area contributed by atoms with E-state index in [0.717, 1.165) is 0 Å². The highest BCUT2D eigenvalue weighted by atomic mass is 16.6. The number of carboxylic acid groups (broad SMARTS) is 1. The van der Waals surface area contributed by atoms with E-state index >= 15 is 0 Å². The number of hydrogen-bond acceptors (Lipinski definition) is 4.